The van der Waals surface area contributed by atoms with Crippen LogP contribution in [0.4, 0.5) is 0 Å². The van der Waals surface area contributed by atoms with Crippen molar-refractivity contribution < 1.29 is 9.53 Å². The standard InChI is InChI=1S/C23H23ClI2N2O2/c1-23-9-5-4-7-16(23)20(23)22(29)28-27-12-14-10-18(25)21(19(26)11-14)30-13-15-6-2-3-8-17(15)24/h2-3,6,8,10-12,16,20H,4-5,7,9,13H2,1H3,(H,28,29)/b27-12-/t16-,20+,23-/m0/s1. The number of hydrogen-bond donors (Lipinski definition) is 1. The molecule has 4 nitrogen and oxygen atoms in total. The quantitative estimate of drug-likeness (QED) is 0.224. The Morgan fingerprint density at radius 1 is 1.30 bits per heavy atom. The van der Waals surface area contributed by atoms with Crippen LogP contribution in [0, 0.1) is 24.4 Å². The number of carbonyl (C=O) groups excluding carboxylic acids is 1. The molecule has 0 aliphatic heterocycles. The first-order valence-corrected chi connectivity index (χ1v) is 12.6. The number of rotatable bonds is 6. The van der Waals surface area contributed by atoms with E-state index in [1.165, 1.54) is 19.3 Å². The van der Waals surface area contributed by atoms with Crippen molar-refractivity contribution in [3.05, 3.63) is 59.7 Å². The van der Waals surface area contributed by atoms with Gasteiger partial charge in [0.1, 0.15) is 12.4 Å². The van der Waals surface area contributed by atoms with Crippen molar-refractivity contribution in [3.8, 4) is 5.75 Å². The number of nitrogens with zero attached hydrogens (tertiary/aromatic N) is 1. The average molecular weight is 649 g/mol. The average Bonchev–Trinajstić information content (AvgIpc) is 3.34. The summed E-state index contributed by atoms with van der Waals surface area (Å²) in [4.78, 5) is 12.5. The maximum atomic E-state index is 12.5. The highest BCUT2D eigenvalue weighted by atomic mass is 127. The van der Waals surface area contributed by atoms with Crippen LogP contribution in [0.1, 0.15) is 43.7 Å². The van der Waals surface area contributed by atoms with E-state index in [0.717, 1.165) is 30.4 Å². The summed E-state index contributed by atoms with van der Waals surface area (Å²) in [6.07, 6.45) is 6.52. The molecule has 2 aromatic carbocycles. The lowest BCUT2D eigenvalue weighted by Crippen LogP contribution is -2.22. The van der Waals surface area contributed by atoms with Crippen LogP contribution in [0.3, 0.4) is 0 Å². The second-order valence-corrected chi connectivity index (χ2v) is 11.0. The fourth-order valence-corrected chi connectivity index (χ4v) is 6.97. The zero-order chi connectivity index (χ0) is 21.3. The summed E-state index contributed by atoms with van der Waals surface area (Å²) in [5, 5.41) is 4.92. The third-order valence-electron chi connectivity index (χ3n) is 6.35. The molecular formula is C23H23ClI2N2O2. The molecule has 1 N–H and O–H groups in total. The molecule has 2 aromatic rings. The van der Waals surface area contributed by atoms with Crippen molar-refractivity contribution in [3.63, 3.8) is 0 Å². The first kappa shape index (κ1) is 22.3. The lowest BCUT2D eigenvalue weighted by Gasteiger charge is -2.15. The minimum atomic E-state index is 0.0599. The third kappa shape index (κ3) is 4.65. The highest BCUT2D eigenvalue weighted by Gasteiger charge is 2.64. The molecule has 0 saturated heterocycles. The van der Waals surface area contributed by atoms with Crippen LogP contribution in [0.15, 0.2) is 41.5 Å². The molecule has 7 heteroatoms. The van der Waals surface area contributed by atoms with E-state index in [-0.39, 0.29) is 17.2 Å². The topological polar surface area (TPSA) is 50.7 Å². The van der Waals surface area contributed by atoms with E-state index in [1.54, 1.807) is 6.21 Å². The van der Waals surface area contributed by atoms with Crippen molar-refractivity contribution in [1.82, 2.24) is 5.43 Å². The van der Waals surface area contributed by atoms with Gasteiger partial charge >= 0.3 is 0 Å². The van der Waals surface area contributed by atoms with Gasteiger partial charge in [0.05, 0.1) is 13.4 Å². The van der Waals surface area contributed by atoms with Gasteiger partial charge in [-0.05, 0) is 93.1 Å². The molecule has 0 radical (unpaired) electrons. The molecule has 0 bridgehead atoms. The minimum Gasteiger partial charge on any atom is -0.487 e. The number of hydrogen-bond acceptors (Lipinski definition) is 3. The molecule has 2 aliphatic carbocycles. The summed E-state index contributed by atoms with van der Waals surface area (Å²) < 4.78 is 8.00. The molecule has 0 aromatic heterocycles. The van der Waals surface area contributed by atoms with Crippen LogP contribution < -0.4 is 10.2 Å². The van der Waals surface area contributed by atoms with Crippen molar-refractivity contribution in [2.24, 2.45) is 22.4 Å². The number of benzene rings is 2. The van der Waals surface area contributed by atoms with E-state index >= 15 is 0 Å². The van der Waals surface area contributed by atoms with Crippen LogP contribution in [0.5, 0.6) is 5.75 Å². The summed E-state index contributed by atoms with van der Waals surface area (Å²) in [6.45, 7) is 2.66. The van der Waals surface area contributed by atoms with Gasteiger partial charge in [-0.25, -0.2) is 5.43 Å². The second-order valence-electron chi connectivity index (χ2n) is 8.26. The number of hydrazone groups is 1. The molecule has 158 valence electrons. The summed E-state index contributed by atoms with van der Waals surface area (Å²) in [6, 6.07) is 11.7. The SMILES string of the molecule is C[C@]12CCCC[C@H]1[C@@H]2C(=O)N/N=C\c1cc(I)c(OCc2ccccc2Cl)c(I)c1. The Hall–Kier alpha value is -0.870. The first-order chi connectivity index (χ1) is 14.4. The van der Waals surface area contributed by atoms with Crippen molar-refractivity contribution in [2.75, 3.05) is 0 Å². The van der Waals surface area contributed by atoms with Gasteiger partial charge in [-0.1, -0.05) is 49.6 Å². The van der Waals surface area contributed by atoms with Gasteiger partial charge in [0.15, 0.2) is 0 Å². The maximum Gasteiger partial charge on any atom is 0.244 e. The van der Waals surface area contributed by atoms with Gasteiger partial charge in [-0.3, -0.25) is 4.79 Å². The fraction of sp³-hybridized carbons (Fsp3) is 0.391. The normalized spacial score (nSPS) is 25.1. The van der Waals surface area contributed by atoms with E-state index in [0.29, 0.717) is 17.5 Å². The van der Waals surface area contributed by atoms with Gasteiger partial charge in [0.2, 0.25) is 5.91 Å². The fourth-order valence-electron chi connectivity index (χ4n) is 4.65. The molecule has 30 heavy (non-hydrogen) atoms. The number of halogens is 3. The monoisotopic (exact) mass is 648 g/mol. The van der Waals surface area contributed by atoms with Crippen LogP contribution in [0.2, 0.25) is 5.02 Å². The highest BCUT2D eigenvalue weighted by Crippen LogP contribution is 2.66. The smallest absolute Gasteiger partial charge is 0.244 e. The molecule has 3 atom stereocenters. The zero-order valence-electron chi connectivity index (χ0n) is 16.6. The molecule has 4 rings (SSSR count). The number of amides is 1. The first-order valence-electron chi connectivity index (χ1n) is 10.1. The predicted octanol–water partition coefficient (Wildman–Crippen LogP) is 6.40. The lowest BCUT2D eigenvalue weighted by atomic mass is 9.90. The van der Waals surface area contributed by atoms with Crippen LogP contribution in [0.25, 0.3) is 0 Å². The van der Waals surface area contributed by atoms with E-state index in [1.807, 2.05) is 36.4 Å². The number of carbonyl (C=O) groups is 1. The third-order valence-corrected chi connectivity index (χ3v) is 8.32. The zero-order valence-corrected chi connectivity index (χ0v) is 21.7. The maximum absolute atomic E-state index is 12.5. The van der Waals surface area contributed by atoms with Crippen LogP contribution in [-0.2, 0) is 11.4 Å². The molecule has 0 heterocycles. The summed E-state index contributed by atoms with van der Waals surface area (Å²) in [5.74, 6) is 1.55. The minimum absolute atomic E-state index is 0.0599. The van der Waals surface area contributed by atoms with E-state index in [4.69, 9.17) is 16.3 Å². The Labute approximate surface area is 209 Å². The van der Waals surface area contributed by atoms with Crippen LogP contribution >= 0.6 is 56.8 Å². The molecule has 2 aliphatic rings. The Morgan fingerprint density at radius 2 is 2.03 bits per heavy atom. The molecule has 2 fully saturated rings. The molecule has 0 unspecified atom stereocenters. The highest BCUT2D eigenvalue weighted by molar-refractivity contribution is 14.1. The van der Waals surface area contributed by atoms with Gasteiger partial charge in [0.25, 0.3) is 0 Å². The number of nitrogens with one attached hydrogen (secondary N) is 1. The van der Waals surface area contributed by atoms with Crippen molar-refractivity contribution >= 4 is 68.9 Å². The van der Waals surface area contributed by atoms with Gasteiger partial charge in [0, 0.05) is 16.5 Å². The van der Waals surface area contributed by atoms with E-state index < -0.39 is 0 Å². The van der Waals surface area contributed by atoms with Gasteiger partial charge in [-0.15, -0.1) is 0 Å². The number of fused-ring (bicyclic) bond motifs is 1. The van der Waals surface area contributed by atoms with E-state index in [2.05, 4.69) is 62.6 Å². The summed E-state index contributed by atoms with van der Waals surface area (Å²) >= 11 is 10.7. The molecule has 2 saturated carbocycles. The van der Waals surface area contributed by atoms with E-state index in [9.17, 15) is 4.79 Å². The number of ether oxygens (including phenoxy) is 1. The van der Waals surface area contributed by atoms with Crippen molar-refractivity contribution in [1.29, 1.82) is 0 Å². The Balaban J connectivity index is 1.37. The molecular weight excluding hydrogens is 626 g/mol. The summed E-state index contributed by atoms with van der Waals surface area (Å²) in [5.41, 5.74) is 4.84. The second kappa shape index (κ2) is 9.32. The predicted molar refractivity (Wildman–Crippen MR) is 137 cm³/mol. The summed E-state index contributed by atoms with van der Waals surface area (Å²) in [7, 11) is 0. The van der Waals surface area contributed by atoms with Crippen LogP contribution in [-0.4, -0.2) is 12.1 Å². The largest absolute Gasteiger partial charge is 0.487 e. The van der Waals surface area contributed by atoms with Gasteiger partial charge in [-0.2, -0.15) is 5.10 Å². The van der Waals surface area contributed by atoms with Crippen molar-refractivity contribution in [2.45, 2.75) is 39.2 Å². The Kier molecular flexibility index (Phi) is 6.94. The molecule has 1 amide bonds. The Bertz CT molecular complexity index is 974. The Morgan fingerprint density at radius 3 is 2.70 bits per heavy atom. The van der Waals surface area contributed by atoms with Gasteiger partial charge < -0.3 is 4.74 Å². The molecule has 0 spiro atoms. The lowest BCUT2D eigenvalue weighted by molar-refractivity contribution is -0.123.